The lowest BCUT2D eigenvalue weighted by Gasteiger charge is -2.34. The van der Waals surface area contributed by atoms with E-state index in [1.54, 1.807) is 40.1 Å². The molecule has 0 aliphatic carbocycles. The van der Waals surface area contributed by atoms with Crippen molar-refractivity contribution >= 4 is 46.0 Å². The minimum atomic E-state index is -0.304. The van der Waals surface area contributed by atoms with Crippen molar-refractivity contribution in [2.45, 2.75) is 26.3 Å². The highest BCUT2D eigenvalue weighted by molar-refractivity contribution is 6.42. The number of hydrogen-bond donors (Lipinski definition) is 0. The van der Waals surface area contributed by atoms with Gasteiger partial charge in [-0.3, -0.25) is 9.59 Å². The van der Waals surface area contributed by atoms with Crippen LogP contribution in [0, 0.1) is 5.82 Å². The Bertz CT molecular complexity index is 1170. The van der Waals surface area contributed by atoms with Gasteiger partial charge in [-0.1, -0.05) is 41.4 Å². The third kappa shape index (κ3) is 4.74. The van der Waals surface area contributed by atoms with Gasteiger partial charge in [0.1, 0.15) is 11.6 Å². The average molecular weight is 477 g/mol. The fraction of sp³-hybridized carbons (Fsp3) is 0.348. The van der Waals surface area contributed by atoms with E-state index in [1.165, 1.54) is 13.0 Å². The molecular formula is C23H23Cl2FN4O2. The Morgan fingerprint density at radius 1 is 1.03 bits per heavy atom. The first-order chi connectivity index (χ1) is 15.3. The van der Waals surface area contributed by atoms with E-state index in [1.807, 2.05) is 4.57 Å². The molecule has 1 fully saturated rings. The molecular weight excluding hydrogens is 454 g/mol. The fourth-order valence-electron chi connectivity index (χ4n) is 4.00. The topological polar surface area (TPSA) is 58.4 Å². The van der Waals surface area contributed by atoms with E-state index in [-0.39, 0.29) is 30.5 Å². The molecule has 6 nitrogen and oxygen atoms in total. The minimum absolute atomic E-state index is 0.00644. The zero-order chi connectivity index (χ0) is 22.8. The largest absolute Gasteiger partial charge is 0.339 e. The van der Waals surface area contributed by atoms with Crippen LogP contribution in [-0.4, -0.2) is 57.3 Å². The van der Waals surface area contributed by atoms with Crippen LogP contribution < -0.4 is 0 Å². The summed E-state index contributed by atoms with van der Waals surface area (Å²) in [5.74, 6) is 0.362. The molecule has 0 bridgehead atoms. The summed E-state index contributed by atoms with van der Waals surface area (Å²) in [6.45, 7) is 4.04. The van der Waals surface area contributed by atoms with Crippen molar-refractivity contribution in [3.05, 3.63) is 63.6 Å². The van der Waals surface area contributed by atoms with Gasteiger partial charge in [-0.25, -0.2) is 9.37 Å². The van der Waals surface area contributed by atoms with E-state index in [0.717, 1.165) is 5.52 Å². The summed E-state index contributed by atoms with van der Waals surface area (Å²) < 4.78 is 16.2. The Labute approximate surface area is 195 Å². The summed E-state index contributed by atoms with van der Waals surface area (Å²) in [5, 5.41) is 0.783. The van der Waals surface area contributed by atoms with Gasteiger partial charge in [0.2, 0.25) is 11.8 Å². The molecule has 1 saturated heterocycles. The number of carbonyl (C=O) groups is 2. The number of piperazine rings is 1. The maximum absolute atomic E-state index is 14.3. The number of fused-ring (bicyclic) bond motifs is 1. The van der Waals surface area contributed by atoms with Crippen molar-refractivity contribution in [3.63, 3.8) is 0 Å². The van der Waals surface area contributed by atoms with Crippen molar-refractivity contribution in [1.29, 1.82) is 0 Å². The molecule has 0 saturated carbocycles. The van der Waals surface area contributed by atoms with Gasteiger partial charge in [0.05, 0.1) is 21.1 Å². The van der Waals surface area contributed by atoms with Crippen molar-refractivity contribution in [2.75, 3.05) is 26.2 Å². The molecule has 168 valence electrons. The Hall–Kier alpha value is -2.64. The van der Waals surface area contributed by atoms with Gasteiger partial charge in [0.15, 0.2) is 0 Å². The second kappa shape index (κ2) is 9.46. The highest BCUT2D eigenvalue weighted by atomic mass is 35.5. The molecule has 1 aliphatic rings. The van der Waals surface area contributed by atoms with Gasteiger partial charge in [-0.2, -0.15) is 0 Å². The van der Waals surface area contributed by atoms with Gasteiger partial charge < -0.3 is 14.4 Å². The summed E-state index contributed by atoms with van der Waals surface area (Å²) in [5.41, 5.74) is 1.92. The number of hydrogen-bond acceptors (Lipinski definition) is 3. The third-order valence-corrected chi connectivity index (χ3v) is 6.52. The monoisotopic (exact) mass is 476 g/mol. The first kappa shape index (κ1) is 22.6. The molecule has 0 N–H and O–H groups in total. The summed E-state index contributed by atoms with van der Waals surface area (Å²) >= 11 is 12.4. The number of rotatable bonds is 5. The van der Waals surface area contributed by atoms with Gasteiger partial charge in [-0.15, -0.1) is 0 Å². The fourth-order valence-corrected chi connectivity index (χ4v) is 4.32. The summed E-state index contributed by atoms with van der Waals surface area (Å²) in [6.07, 6.45) is 0.540. The van der Waals surface area contributed by atoms with Crippen molar-refractivity contribution in [2.24, 2.45) is 0 Å². The summed E-state index contributed by atoms with van der Waals surface area (Å²) in [7, 11) is 0. The van der Waals surface area contributed by atoms with Crippen LogP contribution in [0.1, 0.15) is 24.7 Å². The number of benzene rings is 2. The van der Waals surface area contributed by atoms with Crippen LogP contribution in [0.3, 0.4) is 0 Å². The van der Waals surface area contributed by atoms with Gasteiger partial charge in [0.25, 0.3) is 0 Å². The van der Waals surface area contributed by atoms with E-state index in [2.05, 4.69) is 4.98 Å². The standard InChI is InChI=1S/C23H23Cl2FN4O2/c1-15(31)28-8-10-29(11-9-28)23(32)6-7-30-21-14-18(25)17(24)13-20(21)27-22(30)12-16-4-2-3-5-19(16)26/h2-5,13-14H,6-12H2,1H3. The van der Waals surface area contributed by atoms with E-state index in [0.29, 0.717) is 59.7 Å². The van der Waals surface area contributed by atoms with Crippen LogP contribution in [0.25, 0.3) is 11.0 Å². The Balaban J connectivity index is 1.56. The van der Waals surface area contributed by atoms with Crippen LogP contribution in [0.15, 0.2) is 36.4 Å². The lowest BCUT2D eigenvalue weighted by atomic mass is 10.1. The van der Waals surface area contributed by atoms with Crippen LogP contribution in [-0.2, 0) is 22.6 Å². The van der Waals surface area contributed by atoms with E-state index < -0.39 is 0 Å². The maximum atomic E-state index is 14.3. The smallest absolute Gasteiger partial charge is 0.224 e. The SMILES string of the molecule is CC(=O)N1CCN(C(=O)CCn2c(Cc3ccccc3F)nc3cc(Cl)c(Cl)cc32)CC1. The Morgan fingerprint density at radius 3 is 2.38 bits per heavy atom. The molecule has 0 atom stereocenters. The zero-order valence-electron chi connectivity index (χ0n) is 17.7. The second-order valence-electron chi connectivity index (χ2n) is 7.84. The van der Waals surface area contributed by atoms with Crippen molar-refractivity contribution in [1.82, 2.24) is 19.4 Å². The molecule has 2 amide bonds. The van der Waals surface area contributed by atoms with Gasteiger partial charge in [0, 0.05) is 52.5 Å². The number of nitrogens with zero attached hydrogens (tertiary/aromatic N) is 4. The quantitative estimate of drug-likeness (QED) is 0.555. The second-order valence-corrected chi connectivity index (χ2v) is 8.65. The van der Waals surface area contributed by atoms with E-state index in [9.17, 15) is 14.0 Å². The lowest BCUT2D eigenvalue weighted by Crippen LogP contribution is -2.50. The highest BCUT2D eigenvalue weighted by Gasteiger charge is 2.23. The summed E-state index contributed by atoms with van der Waals surface area (Å²) in [6, 6.07) is 9.98. The number of aromatic nitrogens is 2. The van der Waals surface area contributed by atoms with E-state index in [4.69, 9.17) is 23.2 Å². The molecule has 2 aromatic carbocycles. The van der Waals surface area contributed by atoms with Crippen LogP contribution >= 0.6 is 23.2 Å². The number of aryl methyl sites for hydroxylation is 1. The van der Waals surface area contributed by atoms with Crippen molar-refractivity contribution in [3.8, 4) is 0 Å². The molecule has 0 unspecified atom stereocenters. The van der Waals surface area contributed by atoms with E-state index >= 15 is 0 Å². The lowest BCUT2D eigenvalue weighted by molar-refractivity contribution is -0.138. The predicted molar refractivity (Wildman–Crippen MR) is 122 cm³/mol. The average Bonchev–Trinajstić information content (AvgIpc) is 3.09. The van der Waals surface area contributed by atoms with Crippen molar-refractivity contribution < 1.29 is 14.0 Å². The van der Waals surface area contributed by atoms with Gasteiger partial charge in [-0.05, 0) is 23.8 Å². The molecule has 9 heteroatoms. The number of halogens is 3. The highest BCUT2D eigenvalue weighted by Crippen LogP contribution is 2.29. The van der Waals surface area contributed by atoms with Crippen LogP contribution in [0.2, 0.25) is 10.0 Å². The molecule has 3 aromatic rings. The zero-order valence-corrected chi connectivity index (χ0v) is 19.2. The van der Waals surface area contributed by atoms with Gasteiger partial charge >= 0.3 is 0 Å². The molecule has 4 rings (SSSR count). The first-order valence-corrected chi connectivity index (χ1v) is 11.2. The maximum Gasteiger partial charge on any atom is 0.224 e. The predicted octanol–water partition coefficient (Wildman–Crippen LogP) is 4.15. The molecule has 1 aromatic heterocycles. The number of carbonyl (C=O) groups excluding carboxylic acids is 2. The number of imidazole rings is 1. The first-order valence-electron chi connectivity index (χ1n) is 10.4. The molecule has 1 aliphatic heterocycles. The van der Waals surface area contributed by atoms with Crippen LogP contribution in [0.4, 0.5) is 4.39 Å². The molecule has 0 spiro atoms. The molecule has 32 heavy (non-hydrogen) atoms. The minimum Gasteiger partial charge on any atom is -0.339 e. The Kier molecular flexibility index (Phi) is 6.67. The molecule has 2 heterocycles. The molecule has 0 radical (unpaired) electrons. The summed E-state index contributed by atoms with van der Waals surface area (Å²) in [4.78, 5) is 32.5. The van der Waals surface area contributed by atoms with Crippen LogP contribution in [0.5, 0.6) is 0 Å². The normalized spacial score (nSPS) is 14.2. The number of amides is 2. The Morgan fingerprint density at radius 2 is 1.69 bits per heavy atom. The third-order valence-electron chi connectivity index (χ3n) is 5.80.